The van der Waals surface area contributed by atoms with Crippen LogP contribution in [0.4, 0.5) is 0 Å². The van der Waals surface area contributed by atoms with Gasteiger partial charge in [-0.25, -0.2) is 0 Å². The van der Waals surface area contributed by atoms with Crippen LogP contribution in [0.1, 0.15) is 25.8 Å². The maximum absolute atomic E-state index is 9.03. The fourth-order valence-corrected chi connectivity index (χ4v) is 1.85. The number of rotatable bonds is 8. The van der Waals surface area contributed by atoms with E-state index in [0.717, 1.165) is 5.56 Å². The number of nitrogens with one attached hydrogen (secondary N) is 1. The lowest BCUT2D eigenvalue weighted by Crippen LogP contribution is -2.14. The Labute approximate surface area is 126 Å². The molecule has 0 radical (unpaired) electrons. The normalized spacial score (nSPS) is 10.9. The van der Waals surface area contributed by atoms with Gasteiger partial charge in [0.15, 0.2) is 11.5 Å². The minimum Gasteiger partial charge on any atom is -0.493 e. The lowest BCUT2D eigenvalue weighted by molar-refractivity contribution is 0.240. The van der Waals surface area contributed by atoms with E-state index in [9.17, 15) is 0 Å². The van der Waals surface area contributed by atoms with Gasteiger partial charge in [-0.05, 0) is 45.0 Å². The molecule has 0 bridgehead atoms. The summed E-state index contributed by atoms with van der Waals surface area (Å²) in [6.45, 7) is 4.93. The molecule has 0 aliphatic carbocycles. The highest BCUT2D eigenvalue weighted by molar-refractivity contribution is 5.53. The van der Waals surface area contributed by atoms with Crippen LogP contribution in [0.15, 0.2) is 12.1 Å². The van der Waals surface area contributed by atoms with Crippen molar-refractivity contribution < 1.29 is 14.2 Å². The van der Waals surface area contributed by atoms with Crippen molar-refractivity contribution in [2.75, 3.05) is 27.9 Å². The van der Waals surface area contributed by atoms with E-state index in [2.05, 4.69) is 11.4 Å². The Morgan fingerprint density at radius 2 is 1.76 bits per heavy atom. The van der Waals surface area contributed by atoms with Gasteiger partial charge in [0.25, 0.3) is 0 Å². The molecule has 1 rings (SSSR count). The SMILES string of the molecule is CNCc1cc(OC)c(OCCC(C)(C)C#N)c(OC)c1. The zero-order chi connectivity index (χ0) is 15.9. The number of methoxy groups -OCH3 is 2. The van der Waals surface area contributed by atoms with Crippen molar-refractivity contribution in [3.63, 3.8) is 0 Å². The molecule has 0 saturated carbocycles. The third-order valence-electron chi connectivity index (χ3n) is 3.18. The molecule has 0 heterocycles. The molecule has 0 spiro atoms. The van der Waals surface area contributed by atoms with Crippen LogP contribution in [0.2, 0.25) is 0 Å². The number of ether oxygens (including phenoxy) is 3. The predicted octanol–water partition coefficient (Wildman–Crippen LogP) is 2.74. The maximum atomic E-state index is 9.03. The lowest BCUT2D eigenvalue weighted by Gasteiger charge is -2.19. The summed E-state index contributed by atoms with van der Waals surface area (Å²) >= 11 is 0. The van der Waals surface area contributed by atoms with Gasteiger partial charge in [-0.3, -0.25) is 0 Å². The second-order valence-corrected chi connectivity index (χ2v) is 5.45. The van der Waals surface area contributed by atoms with Gasteiger partial charge in [0.2, 0.25) is 5.75 Å². The molecule has 5 nitrogen and oxygen atoms in total. The predicted molar refractivity (Wildman–Crippen MR) is 81.8 cm³/mol. The fraction of sp³-hybridized carbons (Fsp3) is 0.562. The first kappa shape index (κ1) is 17.1. The summed E-state index contributed by atoms with van der Waals surface area (Å²) in [7, 11) is 5.08. The van der Waals surface area contributed by atoms with Crippen LogP contribution in [-0.4, -0.2) is 27.9 Å². The molecule has 0 atom stereocenters. The summed E-state index contributed by atoms with van der Waals surface area (Å²) in [6, 6.07) is 6.10. The van der Waals surface area contributed by atoms with Crippen molar-refractivity contribution >= 4 is 0 Å². The molecular formula is C16H24N2O3. The van der Waals surface area contributed by atoms with Crippen molar-refractivity contribution in [1.82, 2.24) is 5.32 Å². The Morgan fingerprint density at radius 3 is 2.19 bits per heavy atom. The molecule has 0 fully saturated rings. The van der Waals surface area contributed by atoms with Crippen molar-refractivity contribution in [3.05, 3.63) is 17.7 Å². The number of hydrogen-bond acceptors (Lipinski definition) is 5. The Hall–Kier alpha value is -1.93. The highest BCUT2D eigenvalue weighted by Gasteiger charge is 2.19. The first-order valence-electron chi connectivity index (χ1n) is 6.91. The Kier molecular flexibility index (Phi) is 6.32. The smallest absolute Gasteiger partial charge is 0.203 e. The van der Waals surface area contributed by atoms with Gasteiger partial charge in [-0.1, -0.05) is 0 Å². The second-order valence-electron chi connectivity index (χ2n) is 5.45. The number of hydrogen-bond donors (Lipinski definition) is 1. The maximum Gasteiger partial charge on any atom is 0.203 e. The quantitative estimate of drug-likeness (QED) is 0.798. The minimum atomic E-state index is -0.410. The van der Waals surface area contributed by atoms with Crippen LogP contribution in [0.3, 0.4) is 0 Å². The van der Waals surface area contributed by atoms with Crippen molar-refractivity contribution in [1.29, 1.82) is 5.26 Å². The van der Waals surface area contributed by atoms with Gasteiger partial charge in [-0.2, -0.15) is 5.26 Å². The van der Waals surface area contributed by atoms with Gasteiger partial charge in [-0.15, -0.1) is 0 Å². The monoisotopic (exact) mass is 292 g/mol. The molecule has 0 aromatic heterocycles. The highest BCUT2D eigenvalue weighted by atomic mass is 16.5. The molecule has 116 valence electrons. The van der Waals surface area contributed by atoms with Gasteiger partial charge < -0.3 is 19.5 Å². The minimum absolute atomic E-state index is 0.410. The molecule has 5 heteroatoms. The summed E-state index contributed by atoms with van der Waals surface area (Å²) in [4.78, 5) is 0. The molecule has 21 heavy (non-hydrogen) atoms. The van der Waals surface area contributed by atoms with Crippen LogP contribution in [0, 0.1) is 16.7 Å². The van der Waals surface area contributed by atoms with E-state index < -0.39 is 5.41 Å². The average molecular weight is 292 g/mol. The molecule has 0 aliphatic rings. The Morgan fingerprint density at radius 1 is 1.19 bits per heavy atom. The lowest BCUT2D eigenvalue weighted by atomic mass is 9.92. The van der Waals surface area contributed by atoms with E-state index in [1.807, 2.05) is 33.0 Å². The molecule has 1 aromatic rings. The Bertz CT molecular complexity index is 482. The van der Waals surface area contributed by atoms with Crippen LogP contribution in [-0.2, 0) is 6.54 Å². The molecule has 0 aliphatic heterocycles. The molecular weight excluding hydrogens is 268 g/mol. The number of benzene rings is 1. The van der Waals surface area contributed by atoms with Crippen molar-refractivity contribution in [2.24, 2.45) is 5.41 Å². The van der Waals surface area contributed by atoms with Crippen LogP contribution < -0.4 is 19.5 Å². The van der Waals surface area contributed by atoms with Gasteiger partial charge in [0.05, 0.1) is 32.3 Å². The zero-order valence-electron chi connectivity index (χ0n) is 13.4. The molecule has 0 saturated heterocycles. The average Bonchev–Trinajstić information content (AvgIpc) is 2.48. The molecule has 0 unspecified atom stereocenters. The van der Waals surface area contributed by atoms with Crippen LogP contribution >= 0.6 is 0 Å². The second kappa shape index (κ2) is 7.75. The molecule has 0 amide bonds. The van der Waals surface area contributed by atoms with Gasteiger partial charge >= 0.3 is 0 Å². The van der Waals surface area contributed by atoms with Crippen LogP contribution in [0.5, 0.6) is 17.2 Å². The van der Waals surface area contributed by atoms with Gasteiger partial charge in [0.1, 0.15) is 0 Å². The largest absolute Gasteiger partial charge is 0.493 e. The summed E-state index contributed by atoms with van der Waals surface area (Å²) in [5.74, 6) is 1.84. The third kappa shape index (κ3) is 4.83. The van der Waals surface area contributed by atoms with E-state index in [1.54, 1.807) is 14.2 Å². The molecule has 1 aromatic carbocycles. The highest BCUT2D eigenvalue weighted by Crippen LogP contribution is 2.39. The zero-order valence-corrected chi connectivity index (χ0v) is 13.4. The summed E-state index contributed by atoms with van der Waals surface area (Å²) in [5.41, 5.74) is 0.642. The summed E-state index contributed by atoms with van der Waals surface area (Å²) in [5, 5.41) is 12.1. The topological polar surface area (TPSA) is 63.5 Å². The van der Waals surface area contributed by atoms with E-state index in [-0.39, 0.29) is 0 Å². The summed E-state index contributed by atoms with van der Waals surface area (Å²) < 4.78 is 16.6. The standard InChI is InChI=1S/C16H24N2O3/c1-16(2,11-17)6-7-21-15-13(19-4)8-12(10-18-3)9-14(15)20-5/h8-9,18H,6-7,10H2,1-5H3. The van der Waals surface area contributed by atoms with Crippen molar-refractivity contribution in [2.45, 2.75) is 26.8 Å². The first-order valence-corrected chi connectivity index (χ1v) is 6.91. The first-order chi connectivity index (χ1) is 9.97. The summed E-state index contributed by atoms with van der Waals surface area (Å²) in [6.07, 6.45) is 0.633. The van der Waals surface area contributed by atoms with E-state index in [0.29, 0.717) is 36.8 Å². The van der Waals surface area contributed by atoms with Crippen LogP contribution in [0.25, 0.3) is 0 Å². The van der Waals surface area contributed by atoms with E-state index in [4.69, 9.17) is 19.5 Å². The van der Waals surface area contributed by atoms with Gasteiger partial charge in [0, 0.05) is 6.54 Å². The Balaban J connectivity index is 2.92. The van der Waals surface area contributed by atoms with E-state index >= 15 is 0 Å². The fourth-order valence-electron chi connectivity index (χ4n) is 1.85. The third-order valence-corrected chi connectivity index (χ3v) is 3.18. The number of nitrogens with zero attached hydrogens (tertiary/aromatic N) is 1. The van der Waals surface area contributed by atoms with E-state index in [1.165, 1.54) is 0 Å². The molecule has 1 N–H and O–H groups in total. The number of nitriles is 1. The van der Waals surface area contributed by atoms with Crippen molar-refractivity contribution in [3.8, 4) is 23.3 Å².